The Bertz CT molecular complexity index is 770. The van der Waals surface area contributed by atoms with Gasteiger partial charge in [0.15, 0.2) is 0 Å². The highest BCUT2D eigenvalue weighted by Crippen LogP contribution is 2.69. The SMILES string of the molecule is C[C@]12CC[C@H](OCCN3CCCC3)C[C@H]1CC[C@H]1[C@H]3CC[C@H](c4ccco4)[C@@]3(C)CC[C@@H]12. The van der Waals surface area contributed by atoms with E-state index in [1.165, 1.54) is 89.5 Å². The van der Waals surface area contributed by atoms with E-state index in [2.05, 4.69) is 30.9 Å². The van der Waals surface area contributed by atoms with Gasteiger partial charge in [-0.25, -0.2) is 0 Å². The van der Waals surface area contributed by atoms with Crippen LogP contribution >= 0.6 is 0 Å². The molecule has 1 saturated heterocycles. The lowest BCUT2D eigenvalue weighted by molar-refractivity contribution is -0.132. The van der Waals surface area contributed by atoms with Crippen LogP contribution in [0.3, 0.4) is 0 Å². The van der Waals surface area contributed by atoms with Crippen molar-refractivity contribution >= 4 is 0 Å². The molecule has 8 atom stereocenters. The zero-order valence-corrected chi connectivity index (χ0v) is 20.6. The molecule has 1 aromatic rings. The Morgan fingerprint density at radius 1 is 0.969 bits per heavy atom. The lowest BCUT2D eigenvalue weighted by Gasteiger charge is -2.61. The fraction of sp³-hybridized carbons (Fsp3) is 0.862. The number of likely N-dealkylation sites (tertiary alicyclic amines) is 1. The molecule has 0 bridgehead atoms. The van der Waals surface area contributed by atoms with Gasteiger partial charge in [0.05, 0.1) is 19.0 Å². The molecule has 0 aromatic carbocycles. The van der Waals surface area contributed by atoms with Gasteiger partial charge >= 0.3 is 0 Å². The van der Waals surface area contributed by atoms with Crippen LogP contribution in [0, 0.1) is 34.5 Å². The molecular weight excluding hydrogens is 394 g/mol. The summed E-state index contributed by atoms with van der Waals surface area (Å²) in [5.41, 5.74) is 1.01. The van der Waals surface area contributed by atoms with Crippen LogP contribution in [0.2, 0.25) is 0 Å². The summed E-state index contributed by atoms with van der Waals surface area (Å²) in [5, 5.41) is 0. The minimum Gasteiger partial charge on any atom is -0.469 e. The topological polar surface area (TPSA) is 25.6 Å². The molecule has 1 aliphatic heterocycles. The Morgan fingerprint density at radius 3 is 2.59 bits per heavy atom. The number of ether oxygens (including phenoxy) is 1. The summed E-state index contributed by atoms with van der Waals surface area (Å²) in [6, 6.07) is 4.34. The first kappa shape index (κ1) is 21.7. The number of fused-ring (bicyclic) bond motifs is 5. The Balaban J connectivity index is 1.10. The van der Waals surface area contributed by atoms with Crippen LogP contribution in [-0.4, -0.2) is 37.2 Å². The Kier molecular flexibility index (Phi) is 5.73. The molecule has 5 fully saturated rings. The van der Waals surface area contributed by atoms with E-state index in [0.717, 1.165) is 36.8 Å². The van der Waals surface area contributed by atoms with Crippen molar-refractivity contribution < 1.29 is 9.15 Å². The van der Waals surface area contributed by atoms with Gasteiger partial charge in [0.2, 0.25) is 0 Å². The fourth-order valence-corrected chi connectivity index (χ4v) is 9.68. The smallest absolute Gasteiger partial charge is 0.107 e. The number of rotatable bonds is 5. The van der Waals surface area contributed by atoms with Gasteiger partial charge in [0.1, 0.15) is 5.76 Å². The van der Waals surface area contributed by atoms with Crippen LogP contribution in [0.15, 0.2) is 22.8 Å². The molecule has 3 nitrogen and oxygen atoms in total. The molecule has 32 heavy (non-hydrogen) atoms. The molecule has 4 saturated carbocycles. The number of furan rings is 1. The van der Waals surface area contributed by atoms with Crippen LogP contribution < -0.4 is 0 Å². The van der Waals surface area contributed by atoms with E-state index in [1.54, 1.807) is 0 Å². The molecule has 0 unspecified atom stereocenters. The molecule has 0 radical (unpaired) electrons. The first-order chi connectivity index (χ1) is 15.6. The quantitative estimate of drug-likeness (QED) is 0.500. The summed E-state index contributed by atoms with van der Waals surface area (Å²) in [6.45, 7) is 10.00. The third-order valence-electron chi connectivity index (χ3n) is 11.5. The second-order valence-electron chi connectivity index (χ2n) is 12.7. The van der Waals surface area contributed by atoms with Gasteiger partial charge < -0.3 is 14.1 Å². The van der Waals surface area contributed by atoms with Gasteiger partial charge in [-0.1, -0.05) is 13.8 Å². The van der Waals surface area contributed by atoms with E-state index >= 15 is 0 Å². The molecule has 4 aliphatic carbocycles. The highest BCUT2D eigenvalue weighted by Gasteiger charge is 2.60. The summed E-state index contributed by atoms with van der Waals surface area (Å²) in [7, 11) is 0. The van der Waals surface area contributed by atoms with Crippen LogP contribution in [0.25, 0.3) is 0 Å². The molecule has 2 heterocycles. The maximum absolute atomic E-state index is 6.46. The standard InChI is InChI=1S/C29H45NO2/c1-28-13-11-22(31-19-17-30-15-3-4-16-30)20-21(28)7-8-23-24-9-10-26(27-6-5-18-32-27)29(24,2)14-12-25(23)28/h5-6,18,21-26H,3-4,7-17,19-20H2,1-2H3/t21-,22+,23+,24-,25+,26-,28+,29+/m1/s1. The number of nitrogens with zero attached hydrogens (tertiary/aromatic N) is 1. The fourth-order valence-electron chi connectivity index (χ4n) is 9.68. The minimum absolute atomic E-state index is 0.456. The molecule has 0 amide bonds. The van der Waals surface area contributed by atoms with Crippen molar-refractivity contribution in [3.63, 3.8) is 0 Å². The molecule has 0 spiro atoms. The average molecular weight is 440 g/mol. The Hall–Kier alpha value is -0.800. The maximum atomic E-state index is 6.46. The summed E-state index contributed by atoms with van der Waals surface area (Å²) < 4.78 is 12.4. The highest BCUT2D eigenvalue weighted by atomic mass is 16.5. The van der Waals surface area contributed by atoms with Gasteiger partial charge in [-0.15, -0.1) is 0 Å². The van der Waals surface area contributed by atoms with Crippen molar-refractivity contribution in [2.75, 3.05) is 26.2 Å². The van der Waals surface area contributed by atoms with E-state index < -0.39 is 0 Å². The molecule has 0 N–H and O–H groups in total. The van der Waals surface area contributed by atoms with Crippen molar-refractivity contribution in [2.45, 2.75) is 96.5 Å². The lowest BCUT2D eigenvalue weighted by Crippen LogP contribution is -2.54. The maximum Gasteiger partial charge on any atom is 0.107 e. The van der Waals surface area contributed by atoms with Crippen LogP contribution in [0.5, 0.6) is 0 Å². The molecule has 1 aromatic heterocycles. The van der Waals surface area contributed by atoms with E-state index in [4.69, 9.17) is 9.15 Å². The average Bonchev–Trinajstić information content (AvgIpc) is 3.54. The molecule has 6 rings (SSSR count). The van der Waals surface area contributed by atoms with Crippen molar-refractivity contribution in [2.24, 2.45) is 34.5 Å². The Labute approximate surface area is 195 Å². The highest BCUT2D eigenvalue weighted by molar-refractivity contribution is 5.18. The van der Waals surface area contributed by atoms with Crippen molar-refractivity contribution in [3.8, 4) is 0 Å². The van der Waals surface area contributed by atoms with Gasteiger partial charge in [0, 0.05) is 12.5 Å². The van der Waals surface area contributed by atoms with E-state index in [0.29, 0.717) is 22.9 Å². The summed E-state index contributed by atoms with van der Waals surface area (Å²) in [4.78, 5) is 2.59. The second kappa shape index (κ2) is 8.45. The monoisotopic (exact) mass is 439 g/mol. The number of hydrogen-bond acceptors (Lipinski definition) is 3. The predicted octanol–water partition coefficient (Wildman–Crippen LogP) is 6.89. The first-order valence-corrected chi connectivity index (χ1v) is 14.0. The van der Waals surface area contributed by atoms with Crippen molar-refractivity contribution in [3.05, 3.63) is 24.2 Å². The van der Waals surface area contributed by atoms with Crippen molar-refractivity contribution in [1.82, 2.24) is 4.90 Å². The summed E-state index contributed by atoms with van der Waals surface area (Å²) in [5.74, 6) is 5.60. The second-order valence-corrected chi connectivity index (χ2v) is 12.7. The lowest BCUT2D eigenvalue weighted by atomic mass is 9.44. The van der Waals surface area contributed by atoms with Crippen LogP contribution in [-0.2, 0) is 4.74 Å². The molecule has 5 aliphatic rings. The van der Waals surface area contributed by atoms with E-state index in [9.17, 15) is 0 Å². The molecular formula is C29H45NO2. The minimum atomic E-state index is 0.456. The van der Waals surface area contributed by atoms with Gasteiger partial charge in [-0.3, -0.25) is 0 Å². The first-order valence-electron chi connectivity index (χ1n) is 14.0. The van der Waals surface area contributed by atoms with Gasteiger partial charge in [0.25, 0.3) is 0 Å². The largest absolute Gasteiger partial charge is 0.469 e. The van der Waals surface area contributed by atoms with Crippen LogP contribution in [0.1, 0.15) is 96.2 Å². The molecule has 3 heteroatoms. The van der Waals surface area contributed by atoms with Crippen LogP contribution in [0.4, 0.5) is 0 Å². The van der Waals surface area contributed by atoms with Crippen molar-refractivity contribution in [1.29, 1.82) is 0 Å². The number of hydrogen-bond donors (Lipinski definition) is 0. The normalized spacial score (nSPS) is 46.6. The summed E-state index contributed by atoms with van der Waals surface area (Å²) in [6.07, 6.45) is 17.7. The van der Waals surface area contributed by atoms with E-state index in [-0.39, 0.29) is 0 Å². The van der Waals surface area contributed by atoms with E-state index in [1.807, 2.05) is 6.26 Å². The third-order valence-corrected chi connectivity index (χ3v) is 11.5. The van der Waals surface area contributed by atoms with Gasteiger partial charge in [-0.05, 0) is 130 Å². The third kappa shape index (κ3) is 3.52. The summed E-state index contributed by atoms with van der Waals surface area (Å²) >= 11 is 0. The molecule has 178 valence electrons. The Morgan fingerprint density at radius 2 is 1.78 bits per heavy atom. The predicted molar refractivity (Wildman–Crippen MR) is 129 cm³/mol. The zero-order valence-electron chi connectivity index (χ0n) is 20.6. The van der Waals surface area contributed by atoms with Gasteiger partial charge in [-0.2, -0.15) is 0 Å². The zero-order chi connectivity index (χ0) is 21.8.